The van der Waals surface area contributed by atoms with Crippen LogP contribution in [0.5, 0.6) is 5.75 Å². The summed E-state index contributed by atoms with van der Waals surface area (Å²) in [4.78, 5) is 0. The Morgan fingerprint density at radius 1 is 0.800 bits per heavy atom. The minimum atomic E-state index is 0.356. The Labute approximate surface area is 181 Å². The molecule has 0 unspecified atom stereocenters. The number of benzene rings is 3. The van der Waals surface area contributed by atoms with E-state index in [-0.39, 0.29) is 0 Å². The van der Waals surface area contributed by atoms with Crippen molar-refractivity contribution in [1.29, 1.82) is 0 Å². The van der Waals surface area contributed by atoms with Crippen LogP contribution in [0, 0.1) is 20.8 Å². The number of hydrogen-bond acceptors (Lipinski definition) is 4. The number of aryl methyl sites for hydroxylation is 3. The van der Waals surface area contributed by atoms with Gasteiger partial charge in [0.2, 0.25) is 0 Å². The molecule has 0 fully saturated rings. The third-order valence-electron chi connectivity index (χ3n) is 4.83. The van der Waals surface area contributed by atoms with Crippen molar-refractivity contribution in [3.63, 3.8) is 0 Å². The summed E-state index contributed by atoms with van der Waals surface area (Å²) in [5.41, 5.74) is 6.01. The van der Waals surface area contributed by atoms with Gasteiger partial charge in [-0.1, -0.05) is 77.0 Å². The summed E-state index contributed by atoms with van der Waals surface area (Å²) in [6, 6.07) is 25.0. The first-order valence-corrected chi connectivity index (χ1v) is 11.0. The Hall–Kier alpha value is -3.05. The van der Waals surface area contributed by atoms with Gasteiger partial charge in [-0.05, 0) is 50.6 Å². The molecule has 0 aliphatic carbocycles. The maximum Gasteiger partial charge on any atom is 0.196 e. The molecule has 0 aliphatic heterocycles. The van der Waals surface area contributed by atoms with Gasteiger partial charge in [-0.25, -0.2) is 0 Å². The Morgan fingerprint density at radius 3 is 2.20 bits per heavy atom. The molecule has 0 amide bonds. The predicted molar refractivity (Wildman–Crippen MR) is 122 cm³/mol. The molecule has 1 aromatic heterocycles. The van der Waals surface area contributed by atoms with Crippen LogP contribution in [0.25, 0.3) is 5.69 Å². The second kappa shape index (κ2) is 9.18. The SMILES string of the molecule is Cc1ccc(OCc2nnc(SCc3cccc(C)c3)n2-c2ccc(C)cc2)cc1. The summed E-state index contributed by atoms with van der Waals surface area (Å²) >= 11 is 1.69. The lowest BCUT2D eigenvalue weighted by molar-refractivity contribution is 0.292. The third-order valence-corrected chi connectivity index (χ3v) is 5.83. The van der Waals surface area contributed by atoms with E-state index in [4.69, 9.17) is 4.74 Å². The molecule has 4 nitrogen and oxygen atoms in total. The quantitative estimate of drug-likeness (QED) is 0.344. The van der Waals surface area contributed by atoms with Crippen LogP contribution in [0.3, 0.4) is 0 Å². The molecule has 4 rings (SSSR count). The Bertz CT molecular complexity index is 1120. The van der Waals surface area contributed by atoms with Gasteiger partial charge in [0.1, 0.15) is 12.4 Å². The zero-order valence-electron chi connectivity index (χ0n) is 17.5. The minimum absolute atomic E-state index is 0.356. The molecule has 152 valence electrons. The molecule has 5 heteroatoms. The van der Waals surface area contributed by atoms with Crippen molar-refractivity contribution in [2.75, 3.05) is 0 Å². The maximum absolute atomic E-state index is 5.99. The zero-order valence-corrected chi connectivity index (χ0v) is 18.3. The van der Waals surface area contributed by atoms with E-state index in [1.807, 2.05) is 24.3 Å². The maximum atomic E-state index is 5.99. The fraction of sp³-hybridized carbons (Fsp3) is 0.200. The minimum Gasteiger partial charge on any atom is -0.486 e. The van der Waals surface area contributed by atoms with Gasteiger partial charge in [0.25, 0.3) is 0 Å². The van der Waals surface area contributed by atoms with Crippen molar-refractivity contribution in [2.45, 2.75) is 38.3 Å². The van der Waals surface area contributed by atoms with Crippen molar-refractivity contribution in [3.05, 3.63) is 101 Å². The van der Waals surface area contributed by atoms with Gasteiger partial charge in [0.15, 0.2) is 11.0 Å². The van der Waals surface area contributed by atoms with Crippen LogP contribution < -0.4 is 4.74 Å². The van der Waals surface area contributed by atoms with E-state index in [0.29, 0.717) is 6.61 Å². The molecule has 1 heterocycles. The summed E-state index contributed by atoms with van der Waals surface area (Å²) in [5, 5.41) is 9.78. The summed E-state index contributed by atoms with van der Waals surface area (Å²) in [6.07, 6.45) is 0. The molecule has 3 aromatic carbocycles. The van der Waals surface area contributed by atoms with Crippen molar-refractivity contribution < 1.29 is 4.74 Å². The van der Waals surface area contributed by atoms with Crippen LogP contribution in [0.2, 0.25) is 0 Å². The topological polar surface area (TPSA) is 39.9 Å². The summed E-state index contributed by atoms with van der Waals surface area (Å²) < 4.78 is 8.08. The van der Waals surface area contributed by atoms with Gasteiger partial charge in [-0.2, -0.15) is 0 Å². The molecule has 30 heavy (non-hydrogen) atoms. The summed E-state index contributed by atoms with van der Waals surface area (Å²) in [5.74, 6) is 2.45. The predicted octanol–water partition coefficient (Wildman–Crippen LogP) is 6.06. The van der Waals surface area contributed by atoms with Crippen molar-refractivity contribution in [3.8, 4) is 11.4 Å². The van der Waals surface area contributed by atoms with Gasteiger partial charge >= 0.3 is 0 Å². The fourth-order valence-electron chi connectivity index (χ4n) is 3.17. The number of nitrogens with zero attached hydrogens (tertiary/aromatic N) is 3. The molecular weight excluding hydrogens is 390 g/mol. The molecule has 0 radical (unpaired) electrons. The smallest absolute Gasteiger partial charge is 0.196 e. The highest BCUT2D eigenvalue weighted by molar-refractivity contribution is 7.98. The number of hydrogen-bond donors (Lipinski definition) is 0. The number of rotatable bonds is 7. The number of ether oxygens (including phenoxy) is 1. The summed E-state index contributed by atoms with van der Waals surface area (Å²) in [6.45, 7) is 6.62. The van der Waals surface area contributed by atoms with Crippen molar-refractivity contribution in [1.82, 2.24) is 14.8 Å². The first-order chi connectivity index (χ1) is 14.6. The monoisotopic (exact) mass is 415 g/mol. The van der Waals surface area contributed by atoms with E-state index >= 15 is 0 Å². The first-order valence-electron chi connectivity index (χ1n) is 9.97. The molecule has 0 N–H and O–H groups in total. The van der Waals surface area contributed by atoms with Crippen LogP contribution >= 0.6 is 11.8 Å². The highest BCUT2D eigenvalue weighted by atomic mass is 32.2. The van der Waals surface area contributed by atoms with Gasteiger partial charge in [0.05, 0.1) is 0 Å². The fourth-order valence-corrected chi connectivity index (χ4v) is 4.09. The molecule has 0 saturated heterocycles. The largest absolute Gasteiger partial charge is 0.486 e. The molecule has 0 spiro atoms. The van der Waals surface area contributed by atoms with Crippen LogP contribution in [-0.4, -0.2) is 14.8 Å². The first kappa shape index (κ1) is 20.2. The van der Waals surface area contributed by atoms with Gasteiger partial charge < -0.3 is 4.74 Å². The molecule has 0 saturated carbocycles. The standard InChI is InChI=1S/C25H25N3OS/c1-18-7-11-22(12-8-18)28-24(16-29-23-13-9-19(2)10-14-23)26-27-25(28)30-17-21-6-4-5-20(3)15-21/h4-15H,16-17H2,1-3H3. The molecule has 0 aliphatic rings. The average molecular weight is 416 g/mol. The summed E-state index contributed by atoms with van der Waals surface area (Å²) in [7, 11) is 0. The van der Waals surface area contributed by atoms with E-state index in [1.165, 1.54) is 22.3 Å². The zero-order chi connectivity index (χ0) is 20.9. The number of thioether (sulfide) groups is 1. The van der Waals surface area contributed by atoms with E-state index in [2.05, 4.69) is 84.1 Å². The lowest BCUT2D eigenvalue weighted by atomic mass is 10.2. The lowest BCUT2D eigenvalue weighted by Crippen LogP contribution is -2.06. The van der Waals surface area contributed by atoms with E-state index in [1.54, 1.807) is 11.8 Å². The van der Waals surface area contributed by atoms with Crippen molar-refractivity contribution in [2.24, 2.45) is 0 Å². The highest BCUT2D eigenvalue weighted by Gasteiger charge is 2.15. The van der Waals surface area contributed by atoms with Crippen LogP contribution in [0.1, 0.15) is 28.1 Å². The molecule has 4 aromatic rings. The molecule has 0 bridgehead atoms. The Kier molecular flexibility index (Phi) is 6.19. The van der Waals surface area contributed by atoms with Gasteiger partial charge in [0, 0.05) is 11.4 Å². The van der Waals surface area contributed by atoms with Crippen LogP contribution in [-0.2, 0) is 12.4 Å². The van der Waals surface area contributed by atoms with E-state index < -0.39 is 0 Å². The van der Waals surface area contributed by atoms with Gasteiger partial charge in [-0.3, -0.25) is 4.57 Å². The average Bonchev–Trinajstić information content (AvgIpc) is 3.15. The van der Waals surface area contributed by atoms with E-state index in [0.717, 1.165) is 28.2 Å². The van der Waals surface area contributed by atoms with Crippen LogP contribution in [0.4, 0.5) is 0 Å². The third kappa shape index (κ3) is 4.92. The highest BCUT2D eigenvalue weighted by Crippen LogP contribution is 2.26. The van der Waals surface area contributed by atoms with Crippen molar-refractivity contribution >= 4 is 11.8 Å². The van der Waals surface area contributed by atoms with E-state index in [9.17, 15) is 0 Å². The number of aromatic nitrogens is 3. The Morgan fingerprint density at radius 2 is 1.50 bits per heavy atom. The Balaban J connectivity index is 1.59. The molecule has 0 atom stereocenters. The second-order valence-electron chi connectivity index (χ2n) is 7.45. The second-order valence-corrected chi connectivity index (χ2v) is 8.39. The van der Waals surface area contributed by atoms with Crippen LogP contribution in [0.15, 0.2) is 78.0 Å². The normalized spacial score (nSPS) is 10.9. The molecular formula is C25H25N3OS. The lowest BCUT2D eigenvalue weighted by Gasteiger charge is -2.12. The van der Waals surface area contributed by atoms with Gasteiger partial charge in [-0.15, -0.1) is 10.2 Å².